The fourth-order valence-corrected chi connectivity index (χ4v) is 4.05. The van der Waals surface area contributed by atoms with E-state index < -0.39 is 23.3 Å². The van der Waals surface area contributed by atoms with Crippen molar-refractivity contribution < 1.29 is 36.3 Å². The van der Waals surface area contributed by atoms with Crippen molar-refractivity contribution in [2.75, 3.05) is 20.7 Å². The summed E-state index contributed by atoms with van der Waals surface area (Å²) in [4.78, 5) is 19.3. The average molecular weight is 434 g/mol. The Labute approximate surface area is 171 Å². The number of rotatable bonds is 4. The number of ether oxygens (including phenoxy) is 1. The minimum atomic E-state index is -5.76. The second-order valence-electron chi connectivity index (χ2n) is 7.82. The number of hydroxylamine groups is 2. The SMILES string of the molecule is CON(C)C1=C(N2CCCC2=O)c2c(ccc(C(F)(F)C(F)(F)F)c2C)OC1(C)C. The molecule has 166 valence electrons. The molecule has 10 heteroatoms. The van der Waals surface area contributed by atoms with Gasteiger partial charge in [-0.3, -0.25) is 14.7 Å². The number of carbonyl (C=O) groups excluding carboxylic acids is 1. The Hall–Kier alpha value is -2.36. The quantitative estimate of drug-likeness (QED) is 0.513. The lowest BCUT2D eigenvalue weighted by Crippen LogP contribution is -2.45. The summed E-state index contributed by atoms with van der Waals surface area (Å²) in [5, 5.41) is 1.33. The van der Waals surface area contributed by atoms with Gasteiger partial charge < -0.3 is 9.64 Å². The third kappa shape index (κ3) is 3.30. The summed E-state index contributed by atoms with van der Waals surface area (Å²) in [5.74, 6) is -5.18. The molecule has 30 heavy (non-hydrogen) atoms. The number of benzene rings is 1. The van der Waals surface area contributed by atoms with Crippen LogP contribution in [0.4, 0.5) is 22.0 Å². The zero-order valence-corrected chi connectivity index (χ0v) is 17.3. The summed E-state index contributed by atoms with van der Waals surface area (Å²) in [5.41, 5.74) is -1.92. The highest BCUT2D eigenvalue weighted by atomic mass is 19.4. The van der Waals surface area contributed by atoms with E-state index in [-0.39, 0.29) is 34.9 Å². The molecule has 1 saturated heterocycles. The van der Waals surface area contributed by atoms with Crippen LogP contribution in [0.2, 0.25) is 0 Å². The van der Waals surface area contributed by atoms with Crippen LogP contribution in [-0.2, 0) is 15.6 Å². The van der Waals surface area contributed by atoms with Crippen LogP contribution < -0.4 is 4.74 Å². The molecule has 1 fully saturated rings. The molecule has 0 atom stereocenters. The summed E-state index contributed by atoms with van der Waals surface area (Å²) < 4.78 is 73.7. The van der Waals surface area contributed by atoms with Crippen LogP contribution in [0.3, 0.4) is 0 Å². The van der Waals surface area contributed by atoms with Crippen LogP contribution in [0.1, 0.15) is 43.4 Å². The molecule has 2 aliphatic rings. The summed E-state index contributed by atoms with van der Waals surface area (Å²) >= 11 is 0. The maximum Gasteiger partial charge on any atom is 0.458 e. The number of carbonyl (C=O) groups is 1. The van der Waals surface area contributed by atoms with E-state index in [1.54, 1.807) is 20.9 Å². The van der Waals surface area contributed by atoms with Crippen LogP contribution in [0, 0.1) is 6.92 Å². The van der Waals surface area contributed by atoms with Crippen LogP contribution >= 0.6 is 0 Å². The minimum Gasteiger partial charge on any atom is -0.481 e. The molecule has 5 nitrogen and oxygen atoms in total. The van der Waals surface area contributed by atoms with E-state index in [0.717, 1.165) is 12.1 Å². The molecule has 2 aliphatic heterocycles. The van der Waals surface area contributed by atoms with Crippen molar-refractivity contribution >= 4 is 11.6 Å². The van der Waals surface area contributed by atoms with Gasteiger partial charge in [-0.05, 0) is 44.9 Å². The zero-order chi connectivity index (χ0) is 22.6. The molecule has 0 saturated carbocycles. The molecule has 3 rings (SSSR count). The van der Waals surface area contributed by atoms with Gasteiger partial charge in [-0.25, -0.2) is 0 Å². The van der Waals surface area contributed by atoms with Crippen LogP contribution in [0.15, 0.2) is 17.8 Å². The van der Waals surface area contributed by atoms with Crippen molar-refractivity contribution in [1.82, 2.24) is 9.96 Å². The molecule has 0 aliphatic carbocycles. The Balaban J connectivity index is 2.37. The van der Waals surface area contributed by atoms with E-state index in [4.69, 9.17) is 9.57 Å². The molecule has 1 amide bonds. The molecule has 0 radical (unpaired) electrons. The summed E-state index contributed by atoms with van der Waals surface area (Å²) in [6, 6.07) is 1.83. The Morgan fingerprint density at radius 2 is 1.83 bits per heavy atom. The first kappa shape index (κ1) is 22.3. The van der Waals surface area contributed by atoms with Gasteiger partial charge in [0.05, 0.1) is 12.8 Å². The van der Waals surface area contributed by atoms with Crippen molar-refractivity contribution in [1.29, 1.82) is 0 Å². The molecule has 0 aromatic heterocycles. The topological polar surface area (TPSA) is 42.0 Å². The lowest BCUT2D eigenvalue weighted by molar-refractivity contribution is -0.289. The number of likely N-dealkylation sites (N-methyl/N-ethyl adjacent to an activating group) is 1. The summed E-state index contributed by atoms with van der Waals surface area (Å²) in [6.45, 7) is 4.90. The van der Waals surface area contributed by atoms with Gasteiger partial charge in [0.1, 0.15) is 17.0 Å². The third-order valence-corrected chi connectivity index (χ3v) is 5.45. The van der Waals surface area contributed by atoms with Gasteiger partial charge in [0.2, 0.25) is 5.91 Å². The van der Waals surface area contributed by atoms with Crippen molar-refractivity contribution in [3.63, 3.8) is 0 Å². The van der Waals surface area contributed by atoms with E-state index in [1.165, 1.54) is 24.0 Å². The van der Waals surface area contributed by atoms with E-state index in [0.29, 0.717) is 18.7 Å². The maximum absolute atomic E-state index is 14.3. The average Bonchev–Trinajstić information content (AvgIpc) is 3.04. The monoisotopic (exact) mass is 434 g/mol. The predicted octanol–water partition coefficient (Wildman–Crippen LogP) is 4.60. The fourth-order valence-electron chi connectivity index (χ4n) is 4.05. The second kappa shape index (κ2) is 7.11. The molecule has 2 heterocycles. The number of hydrogen-bond donors (Lipinski definition) is 0. The van der Waals surface area contributed by atoms with Crippen LogP contribution in [0.25, 0.3) is 5.70 Å². The second-order valence-corrected chi connectivity index (χ2v) is 7.82. The lowest BCUT2D eigenvalue weighted by atomic mass is 9.88. The number of amides is 1. The first-order valence-corrected chi connectivity index (χ1v) is 9.35. The van der Waals surface area contributed by atoms with Crippen molar-refractivity contribution in [3.8, 4) is 5.75 Å². The number of fused-ring (bicyclic) bond motifs is 1. The third-order valence-electron chi connectivity index (χ3n) is 5.45. The number of alkyl halides is 5. The van der Waals surface area contributed by atoms with Gasteiger partial charge in [-0.1, -0.05) is 0 Å². The maximum atomic E-state index is 14.3. The highest BCUT2D eigenvalue weighted by Crippen LogP contribution is 2.51. The standard InChI is InChI=1S/C20H23F5N2O3/c1-11-12(19(21,22)20(23,24)25)8-9-13-15(11)16(27-10-6-7-14(27)28)17(26(4)29-5)18(2,3)30-13/h8-9H,6-7,10H2,1-5H3. The van der Waals surface area contributed by atoms with Crippen molar-refractivity contribution in [2.45, 2.75) is 51.3 Å². The number of likely N-dealkylation sites (tertiary alicyclic amines) is 1. The van der Waals surface area contributed by atoms with Crippen LogP contribution in [0.5, 0.6) is 5.75 Å². The first-order valence-electron chi connectivity index (χ1n) is 9.35. The van der Waals surface area contributed by atoms with Gasteiger partial charge >= 0.3 is 12.1 Å². The fraction of sp³-hybridized carbons (Fsp3) is 0.550. The molecule has 0 spiro atoms. The number of nitrogens with zero attached hydrogens (tertiary/aromatic N) is 2. The van der Waals surface area contributed by atoms with Crippen molar-refractivity contribution in [2.24, 2.45) is 0 Å². The van der Waals surface area contributed by atoms with E-state index in [1.807, 2.05) is 0 Å². The van der Waals surface area contributed by atoms with Crippen molar-refractivity contribution in [3.05, 3.63) is 34.5 Å². The highest BCUT2D eigenvalue weighted by molar-refractivity contribution is 5.92. The van der Waals surface area contributed by atoms with Gasteiger partial charge in [0.15, 0.2) is 0 Å². The summed E-state index contributed by atoms with van der Waals surface area (Å²) in [7, 11) is 2.93. The molecule has 0 bridgehead atoms. The zero-order valence-electron chi connectivity index (χ0n) is 17.3. The predicted molar refractivity (Wildman–Crippen MR) is 98.5 cm³/mol. The largest absolute Gasteiger partial charge is 0.481 e. The van der Waals surface area contributed by atoms with Gasteiger partial charge in [-0.15, -0.1) is 0 Å². The van der Waals surface area contributed by atoms with E-state index >= 15 is 0 Å². The Kier molecular flexibility index (Phi) is 5.29. The normalized spacial score (nSPS) is 19.1. The lowest BCUT2D eigenvalue weighted by Gasteiger charge is -2.43. The van der Waals surface area contributed by atoms with E-state index in [2.05, 4.69) is 0 Å². The Morgan fingerprint density at radius 1 is 1.20 bits per heavy atom. The molecular weight excluding hydrogens is 411 g/mol. The first-order chi connectivity index (χ1) is 13.7. The smallest absolute Gasteiger partial charge is 0.458 e. The minimum absolute atomic E-state index is 0.0323. The molecule has 0 N–H and O–H groups in total. The number of halogens is 5. The van der Waals surface area contributed by atoms with E-state index in [9.17, 15) is 26.7 Å². The molecule has 0 unspecified atom stereocenters. The molecular formula is C20H23F5N2O3. The Bertz CT molecular complexity index is 908. The molecule has 1 aromatic rings. The number of hydrogen-bond acceptors (Lipinski definition) is 4. The highest BCUT2D eigenvalue weighted by Gasteiger charge is 2.60. The van der Waals surface area contributed by atoms with Gasteiger partial charge in [-0.2, -0.15) is 22.0 Å². The molecule has 1 aromatic carbocycles. The Morgan fingerprint density at radius 3 is 2.33 bits per heavy atom. The van der Waals surface area contributed by atoms with Gasteiger partial charge in [0.25, 0.3) is 0 Å². The summed E-state index contributed by atoms with van der Waals surface area (Å²) in [6.07, 6.45) is -4.97. The van der Waals surface area contributed by atoms with Gasteiger partial charge in [0, 0.05) is 31.1 Å². The van der Waals surface area contributed by atoms with Crippen LogP contribution in [-0.4, -0.2) is 48.3 Å².